The van der Waals surface area contributed by atoms with E-state index in [9.17, 15) is 48.1 Å². The number of allylic oxidation sites excluding steroid dienone is 2. The Kier molecular flexibility index (Phi) is 24.0. The van der Waals surface area contributed by atoms with E-state index in [1.807, 2.05) is 12.2 Å². The Morgan fingerprint density at radius 3 is 1.41 bits per heavy atom. The van der Waals surface area contributed by atoms with Gasteiger partial charge in [0.15, 0.2) is 23.8 Å². The number of esters is 2. The van der Waals surface area contributed by atoms with Crippen molar-refractivity contribution < 1.29 is 84.3 Å². The number of para-hydroxylation sites is 2. The second-order valence-electron chi connectivity index (χ2n) is 21.2. The molecular weight excluding hydrogens is 1170 g/mol. The Labute approximate surface area is 494 Å². The molecule has 10 rings (SSSR count). The van der Waals surface area contributed by atoms with Crippen LogP contribution in [0, 0.1) is 0 Å². The first-order chi connectivity index (χ1) is 41.0. The number of fused-ring (bicyclic) bond motifs is 35. The van der Waals surface area contributed by atoms with Crippen LogP contribution in [0.4, 0.5) is 20.4 Å². The summed E-state index contributed by atoms with van der Waals surface area (Å²) in [5.41, 5.74) is -6.84. The minimum atomic E-state index is -4.34. The molecule has 26 nitrogen and oxygen atoms in total. The van der Waals surface area contributed by atoms with Gasteiger partial charge in [-0.15, -0.1) is 0 Å². The van der Waals surface area contributed by atoms with E-state index in [2.05, 4.69) is 30.8 Å². The van der Waals surface area contributed by atoms with Crippen molar-refractivity contribution in [2.75, 3.05) is 37.1 Å². The van der Waals surface area contributed by atoms with E-state index in [-0.39, 0.29) is 61.0 Å². The van der Waals surface area contributed by atoms with Crippen molar-refractivity contribution in [1.82, 2.24) is 29.3 Å². The molecule has 86 heavy (non-hydrogen) atoms. The minimum Gasteiger partial charge on any atom is -0.465 e. The van der Waals surface area contributed by atoms with Gasteiger partial charge in [-0.25, -0.2) is 27.5 Å². The molecule has 12 atom stereocenters. The van der Waals surface area contributed by atoms with Gasteiger partial charge < -0.3 is 48.8 Å². The van der Waals surface area contributed by atoms with Crippen molar-refractivity contribution >= 4 is 50.9 Å². The number of benzene rings is 2. The molecule has 0 aliphatic carbocycles. The predicted octanol–water partition coefficient (Wildman–Crippen LogP) is 7.05. The first-order valence-corrected chi connectivity index (χ1v) is 31.4. The molecule has 470 valence electrons. The third-order valence-electron chi connectivity index (χ3n) is 14.0. The highest BCUT2D eigenvalue weighted by atomic mass is 31.2. The van der Waals surface area contributed by atoms with E-state index in [0.717, 1.165) is 48.7 Å². The molecule has 2 aromatic carbocycles. The van der Waals surface area contributed by atoms with Crippen LogP contribution in [0.1, 0.15) is 117 Å². The fraction of sp³-hybridized carbons (Fsp3) is 0.536. The van der Waals surface area contributed by atoms with Crippen LogP contribution in [0.5, 0.6) is 11.5 Å². The lowest BCUT2D eigenvalue weighted by Gasteiger charge is -2.25. The number of aliphatic hydroxyl groups excluding tert-OH is 2. The molecule has 2 fully saturated rings. The predicted molar refractivity (Wildman–Crippen MR) is 306 cm³/mol. The highest BCUT2D eigenvalue weighted by Gasteiger charge is 2.57. The molecule has 6 N–H and O–H groups in total. The monoisotopic (exact) mass is 1250 g/mol. The summed E-state index contributed by atoms with van der Waals surface area (Å²) < 4.78 is 105. The minimum absolute atomic E-state index is 0.00781. The molecule has 30 heteroatoms. The Balaban J connectivity index is 0.000000246. The van der Waals surface area contributed by atoms with Gasteiger partial charge in [0.25, 0.3) is 0 Å². The number of halogens is 2. The number of rotatable bonds is 4. The summed E-state index contributed by atoms with van der Waals surface area (Å²) in [7, 11) is -8.66. The van der Waals surface area contributed by atoms with Crippen molar-refractivity contribution in [3.8, 4) is 11.5 Å². The molecular formula is C56H74F2N8O18P2. The third-order valence-corrected chi connectivity index (χ3v) is 17.3. The molecule has 8 bridgehead atoms. The molecule has 4 aromatic rings. The summed E-state index contributed by atoms with van der Waals surface area (Å²) >= 11 is 0. The summed E-state index contributed by atoms with van der Waals surface area (Å²) in [6, 6.07) is 16.5. The Hall–Kier alpha value is -6.58. The fourth-order valence-corrected chi connectivity index (χ4v) is 12.3. The number of alkyl halides is 2. The van der Waals surface area contributed by atoms with Crippen LogP contribution < -0.4 is 41.2 Å². The highest BCUT2D eigenvalue weighted by Crippen LogP contribution is 2.49. The van der Waals surface area contributed by atoms with Crippen molar-refractivity contribution in [3.05, 3.63) is 118 Å². The number of carbonyl (C=O) groups excluding carboxylic acids is 4. The molecule has 2 aromatic heterocycles. The zero-order valence-electron chi connectivity index (χ0n) is 48.0. The van der Waals surface area contributed by atoms with Gasteiger partial charge in [0.1, 0.15) is 59.6 Å². The van der Waals surface area contributed by atoms with Gasteiger partial charge in [-0.2, -0.15) is 20.1 Å². The number of aromatic nitrogens is 4. The SMILES string of the molecule is C[C@@H]1N[P@@](=O)(Oc2ccccc2)OCC2OC(n3ccc(nc3=O)NC(=O)CCCC=CCCCOC1=O)[C@](C)(F)[C@@H]2O.C[C@@H]1N[P@@](=O)(Oc2ccccc2)OCC2OC(n3ccc(nc3=O)NC(=O)CCCCCCCCOC1=O)[C@](C)(F)[C@@H]2O. The standard InChI is InChI=1S/C28H38FN4O9P.C28H36FN4O9P/c2*1-19-25(36)39-17-11-6-4-3-5-10-14-23(34)30-22-15-16-33(27(37)31-22)26-28(2,29)24(35)21(41-26)18-40-43(38,32-19)42-20-12-8-7-9-13-20/h7-9,12-13,15-16,19,21,24,26,35H,3-6,10-11,14,17-18H2,1-2H3,(H,32,38)(H,30,31,34,37);3-4,7-9,12-13,15-16,19,21,24,26,35H,5-6,10-11,14,17-18H2,1-2H3,(H,32,38)(H,30,31,34,37)/t2*19-,21?,24+,26?,28+,43-/m00/s1. The van der Waals surface area contributed by atoms with Crippen molar-refractivity contribution in [1.29, 1.82) is 0 Å². The largest absolute Gasteiger partial charge is 0.465 e. The van der Waals surface area contributed by atoms with E-state index in [1.54, 1.807) is 36.4 Å². The first kappa shape index (κ1) is 66.9. The molecule has 4 unspecified atom stereocenters. The van der Waals surface area contributed by atoms with Gasteiger partial charge >= 0.3 is 38.8 Å². The molecule has 6 aliphatic rings. The van der Waals surface area contributed by atoms with Gasteiger partial charge in [0.2, 0.25) is 11.8 Å². The summed E-state index contributed by atoms with van der Waals surface area (Å²) in [6.07, 6.45) is 4.06. The van der Waals surface area contributed by atoms with E-state index >= 15 is 8.78 Å². The maximum Gasteiger partial charge on any atom is 0.459 e. The molecule has 2 saturated heterocycles. The lowest BCUT2D eigenvalue weighted by atomic mass is 9.98. The first-order valence-electron chi connectivity index (χ1n) is 28.3. The highest BCUT2D eigenvalue weighted by molar-refractivity contribution is 7.52. The summed E-state index contributed by atoms with van der Waals surface area (Å²) in [5, 5.41) is 31.8. The number of hydrogen-bond donors (Lipinski definition) is 6. The molecule has 8 heterocycles. The number of ether oxygens (including phenoxy) is 4. The zero-order chi connectivity index (χ0) is 62.1. The van der Waals surface area contributed by atoms with Crippen molar-refractivity contribution in [2.24, 2.45) is 0 Å². The fourth-order valence-electron chi connectivity index (χ4n) is 9.28. The van der Waals surface area contributed by atoms with Gasteiger partial charge in [0, 0.05) is 25.2 Å². The van der Waals surface area contributed by atoms with Crippen LogP contribution in [-0.4, -0.2) is 127 Å². The molecule has 0 saturated carbocycles. The third kappa shape index (κ3) is 18.7. The maximum absolute atomic E-state index is 15.8. The normalized spacial score (nSPS) is 31.7. The van der Waals surface area contributed by atoms with Gasteiger partial charge in [-0.05, 0) is 103 Å². The van der Waals surface area contributed by atoms with Crippen molar-refractivity contribution in [2.45, 2.75) is 165 Å². The Morgan fingerprint density at radius 1 is 0.570 bits per heavy atom. The Bertz CT molecular complexity index is 3180. The van der Waals surface area contributed by atoms with Gasteiger partial charge in [-0.3, -0.25) is 37.4 Å². The number of nitrogens with one attached hydrogen (secondary N) is 4. The average Bonchev–Trinajstić information content (AvgIpc) is 1.69. The van der Waals surface area contributed by atoms with E-state index in [0.29, 0.717) is 38.5 Å². The van der Waals surface area contributed by atoms with Crippen LogP contribution in [-0.2, 0) is 56.3 Å². The molecule has 0 radical (unpaired) electrons. The van der Waals surface area contributed by atoms with E-state index in [4.69, 9.17) is 37.0 Å². The average molecular weight is 1250 g/mol. The van der Waals surface area contributed by atoms with Crippen LogP contribution in [0.2, 0.25) is 0 Å². The smallest absolute Gasteiger partial charge is 0.459 e. The van der Waals surface area contributed by atoms with Crippen LogP contribution in [0.3, 0.4) is 0 Å². The second-order valence-corrected chi connectivity index (χ2v) is 24.5. The number of carbonyl (C=O) groups is 4. The number of aliphatic hydroxyl groups is 2. The Morgan fingerprint density at radius 2 is 0.965 bits per heavy atom. The van der Waals surface area contributed by atoms with Gasteiger partial charge in [0.05, 0.1) is 26.4 Å². The van der Waals surface area contributed by atoms with E-state index < -0.39 is 112 Å². The summed E-state index contributed by atoms with van der Waals surface area (Å²) in [6.45, 7) is 3.96. The number of nitrogens with zero attached hydrogens (tertiary/aromatic N) is 4. The maximum atomic E-state index is 15.8. The van der Waals surface area contributed by atoms with Crippen LogP contribution >= 0.6 is 15.5 Å². The van der Waals surface area contributed by atoms with Crippen molar-refractivity contribution in [3.63, 3.8) is 0 Å². The zero-order valence-corrected chi connectivity index (χ0v) is 49.8. The summed E-state index contributed by atoms with van der Waals surface area (Å²) in [5.74, 6) is -1.71. The quantitative estimate of drug-likeness (QED) is 0.0677. The topological polar surface area (TPSA) is 335 Å². The molecule has 0 spiro atoms. The molecule has 6 aliphatic heterocycles. The summed E-state index contributed by atoms with van der Waals surface area (Å²) in [4.78, 5) is 83.1. The molecule has 2 amide bonds. The number of anilines is 2. The van der Waals surface area contributed by atoms with Crippen LogP contribution in [0.15, 0.2) is 107 Å². The van der Waals surface area contributed by atoms with Gasteiger partial charge in [-0.1, -0.05) is 74.2 Å². The lowest BCUT2D eigenvalue weighted by Crippen LogP contribution is -2.43. The number of hydrogen-bond acceptors (Lipinski definition) is 20. The second kappa shape index (κ2) is 30.9. The van der Waals surface area contributed by atoms with E-state index in [1.165, 1.54) is 62.6 Å². The lowest BCUT2D eigenvalue weighted by molar-refractivity contribution is -0.146. The number of amides is 2. The van der Waals surface area contributed by atoms with Crippen LogP contribution in [0.25, 0.3) is 0 Å².